The summed E-state index contributed by atoms with van der Waals surface area (Å²) in [6.07, 6.45) is 0. The SMILES string of the molecule is Cc1cc(C(=O)NCc2ccc(C#CCO)cc2)no1. The average molecular weight is 270 g/mol. The Kier molecular flexibility index (Phi) is 4.53. The molecular formula is C15H14N2O3. The molecule has 2 rings (SSSR count). The minimum atomic E-state index is -0.272. The van der Waals surface area contributed by atoms with Gasteiger partial charge in [0.25, 0.3) is 5.91 Å². The van der Waals surface area contributed by atoms with E-state index in [1.165, 1.54) is 0 Å². The summed E-state index contributed by atoms with van der Waals surface area (Å²) in [6.45, 7) is 1.98. The van der Waals surface area contributed by atoms with Crippen molar-refractivity contribution in [1.82, 2.24) is 10.5 Å². The van der Waals surface area contributed by atoms with Gasteiger partial charge in [-0.05, 0) is 24.6 Å². The van der Waals surface area contributed by atoms with E-state index < -0.39 is 0 Å². The number of benzene rings is 1. The smallest absolute Gasteiger partial charge is 0.273 e. The summed E-state index contributed by atoms with van der Waals surface area (Å²) in [5.41, 5.74) is 2.04. The maximum Gasteiger partial charge on any atom is 0.273 e. The van der Waals surface area contributed by atoms with Gasteiger partial charge >= 0.3 is 0 Å². The van der Waals surface area contributed by atoms with E-state index in [0.717, 1.165) is 11.1 Å². The van der Waals surface area contributed by atoms with Crippen LogP contribution in [0.4, 0.5) is 0 Å². The fourth-order valence-corrected chi connectivity index (χ4v) is 1.59. The monoisotopic (exact) mass is 270 g/mol. The molecule has 1 amide bonds. The molecule has 0 radical (unpaired) electrons. The number of aryl methyl sites for hydroxylation is 1. The van der Waals surface area contributed by atoms with Crippen LogP contribution in [0.1, 0.15) is 27.4 Å². The third-order valence-corrected chi connectivity index (χ3v) is 2.58. The second-order valence-corrected chi connectivity index (χ2v) is 4.16. The molecule has 0 spiro atoms. The summed E-state index contributed by atoms with van der Waals surface area (Å²) in [4.78, 5) is 11.8. The number of amides is 1. The molecule has 2 aromatic rings. The van der Waals surface area contributed by atoms with Crippen LogP contribution in [-0.4, -0.2) is 22.8 Å². The molecule has 1 aromatic carbocycles. The van der Waals surface area contributed by atoms with E-state index in [9.17, 15) is 4.79 Å². The number of hydrogen-bond acceptors (Lipinski definition) is 4. The Morgan fingerprint density at radius 1 is 1.40 bits per heavy atom. The van der Waals surface area contributed by atoms with Crippen LogP contribution in [-0.2, 0) is 6.54 Å². The highest BCUT2D eigenvalue weighted by molar-refractivity contribution is 5.92. The van der Waals surface area contributed by atoms with Crippen molar-refractivity contribution in [3.63, 3.8) is 0 Å². The minimum Gasteiger partial charge on any atom is -0.384 e. The molecule has 5 nitrogen and oxygen atoms in total. The van der Waals surface area contributed by atoms with Gasteiger partial charge in [-0.3, -0.25) is 4.79 Å². The van der Waals surface area contributed by atoms with Crippen molar-refractivity contribution in [1.29, 1.82) is 0 Å². The third-order valence-electron chi connectivity index (χ3n) is 2.58. The number of hydrogen-bond donors (Lipinski definition) is 2. The Hall–Kier alpha value is -2.58. The average Bonchev–Trinajstić information content (AvgIpc) is 2.90. The lowest BCUT2D eigenvalue weighted by molar-refractivity contribution is 0.0942. The number of aromatic nitrogens is 1. The summed E-state index contributed by atoms with van der Waals surface area (Å²) in [7, 11) is 0. The van der Waals surface area contributed by atoms with Gasteiger partial charge in [0.15, 0.2) is 5.69 Å². The summed E-state index contributed by atoms with van der Waals surface area (Å²) in [6, 6.07) is 9.00. The van der Waals surface area contributed by atoms with Crippen LogP contribution in [0.2, 0.25) is 0 Å². The maximum atomic E-state index is 11.8. The van der Waals surface area contributed by atoms with Crippen molar-refractivity contribution < 1.29 is 14.4 Å². The van der Waals surface area contributed by atoms with E-state index in [2.05, 4.69) is 22.3 Å². The van der Waals surface area contributed by atoms with E-state index in [-0.39, 0.29) is 18.2 Å². The Labute approximate surface area is 116 Å². The standard InChI is InChI=1S/C15H14N2O3/c1-11-9-14(17-20-11)15(19)16-10-13-6-4-12(5-7-13)3-2-8-18/h4-7,9,18H,8,10H2,1H3,(H,16,19). The summed E-state index contributed by atoms with van der Waals surface area (Å²) < 4.78 is 4.84. The molecule has 0 saturated carbocycles. The second-order valence-electron chi connectivity index (χ2n) is 4.16. The Morgan fingerprint density at radius 2 is 2.15 bits per heavy atom. The van der Waals surface area contributed by atoms with E-state index in [4.69, 9.17) is 9.63 Å². The Balaban J connectivity index is 1.92. The van der Waals surface area contributed by atoms with Gasteiger partial charge in [-0.1, -0.05) is 29.1 Å². The minimum absolute atomic E-state index is 0.158. The highest BCUT2D eigenvalue weighted by atomic mass is 16.5. The number of nitrogens with zero attached hydrogens (tertiary/aromatic N) is 1. The van der Waals surface area contributed by atoms with E-state index in [0.29, 0.717) is 12.3 Å². The Morgan fingerprint density at radius 3 is 2.75 bits per heavy atom. The molecule has 0 atom stereocenters. The van der Waals surface area contributed by atoms with Crippen molar-refractivity contribution in [3.8, 4) is 11.8 Å². The van der Waals surface area contributed by atoms with Gasteiger partial charge in [0.2, 0.25) is 0 Å². The van der Waals surface area contributed by atoms with Gasteiger partial charge in [-0.15, -0.1) is 0 Å². The maximum absolute atomic E-state index is 11.8. The molecule has 0 fully saturated rings. The van der Waals surface area contributed by atoms with Gasteiger partial charge in [-0.25, -0.2) is 0 Å². The fourth-order valence-electron chi connectivity index (χ4n) is 1.59. The molecule has 0 bridgehead atoms. The first-order valence-electron chi connectivity index (χ1n) is 6.09. The lowest BCUT2D eigenvalue weighted by Crippen LogP contribution is -2.23. The van der Waals surface area contributed by atoms with Crippen LogP contribution in [0.25, 0.3) is 0 Å². The summed E-state index contributed by atoms with van der Waals surface area (Å²) in [5.74, 6) is 5.71. The predicted octanol–water partition coefficient (Wildman–Crippen LogP) is 1.26. The molecule has 0 aliphatic heterocycles. The van der Waals surface area contributed by atoms with Crippen molar-refractivity contribution in [3.05, 3.63) is 52.9 Å². The number of carbonyl (C=O) groups excluding carboxylic acids is 1. The van der Waals surface area contributed by atoms with Crippen LogP contribution in [0.3, 0.4) is 0 Å². The number of aliphatic hydroxyl groups excluding tert-OH is 1. The lowest BCUT2D eigenvalue weighted by Gasteiger charge is -2.03. The van der Waals surface area contributed by atoms with Gasteiger partial charge in [-0.2, -0.15) is 0 Å². The van der Waals surface area contributed by atoms with Crippen molar-refractivity contribution in [2.24, 2.45) is 0 Å². The van der Waals surface area contributed by atoms with Crippen LogP contribution in [0.5, 0.6) is 0 Å². The van der Waals surface area contributed by atoms with Crippen LogP contribution in [0.15, 0.2) is 34.9 Å². The molecule has 0 saturated heterocycles. The zero-order chi connectivity index (χ0) is 14.4. The first-order chi connectivity index (χ1) is 9.69. The molecule has 1 heterocycles. The van der Waals surface area contributed by atoms with Crippen molar-refractivity contribution in [2.45, 2.75) is 13.5 Å². The molecule has 0 aliphatic carbocycles. The molecular weight excluding hydrogens is 256 g/mol. The fraction of sp³-hybridized carbons (Fsp3) is 0.200. The van der Waals surface area contributed by atoms with Gasteiger partial charge in [0.1, 0.15) is 12.4 Å². The van der Waals surface area contributed by atoms with E-state index in [1.54, 1.807) is 13.0 Å². The van der Waals surface area contributed by atoms with Crippen molar-refractivity contribution in [2.75, 3.05) is 6.61 Å². The van der Waals surface area contributed by atoms with Crippen LogP contribution >= 0.6 is 0 Å². The molecule has 20 heavy (non-hydrogen) atoms. The van der Waals surface area contributed by atoms with E-state index in [1.807, 2.05) is 24.3 Å². The zero-order valence-electron chi connectivity index (χ0n) is 11.0. The third kappa shape index (κ3) is 3.70. The number of aliphatic hydroxyl groups is 1. The molecule has 2 N–H and O–H groups in total. The van der Waals surface area contributed by atoms with Crippen molar-refractivity contribution >= 4 is 5.91 Å². The first-order valence-corrected chi connectivity index (χ1v) is 6.09. The molecule has 0 aliphatic rings. The summed E-state index contributed by atoms with van der Waals surface area (Å²) in [5, 5.41) is 15.0. The van der Waals surface area contributed by atoms with Gasteiger partial charge < -0.3 is 14.9 Å². The molecule has 1 aromatic heterocycles. The normalized spacial score (nSPS) is 9.70. The summed E-state index contributed by atoms with van der Waals surface area (Å²) >= 11 is 0. The van der Waals surface area contributed by atoms with E-state index >= 15 is 0 Å². The molecule has 0 unspecified atom stereocenters. The largest absolute Gasteiger partial charge is 0.384 e. The highest BCUT2D eigenvalue weighted by Gasteiger charge is 2.09. The number of rotatable bonds is 3. The molecule has 5 heteroatoms. The van der Waals surface area contributed by atoms with Gasteiger partial charge in [0.05, 0.1) is 0 Å². The van der Waals surface area contributed by atoms with Crippen LogP contribution in [0, 0.1) is 18.8 Å². The number of nitrogens with one attached hydrogen (secondary N) is 1. The highest BCUT2D eigenvalue weighted by Crippen LogP contribution is 2.05. The number of carbonyl (C=O) groups is 1. The predicted molar refractivity (Wildman–Crippen MR) is 72.8 cm³/mol. The lowest BCUT2D eigenvalue weighted by atomic mass is 10.1. The topological polar surface area (TPSA) is 75.4 Å². The quantitative estimate of drug-likeness (QED) is 0.823. The zero-order valence-corrected chi connectivity index (χ0v) is 11.0. The molecule has 102 valence electrons. The first kappa shape index (κ1) is 13.8. The van der Waals surface area contributed by atoms with Gasteiger partial charge in [0, 0.05) is 18.2 Å². The van der Waals surface area contributed by atoms with Crippen LogP contribution < -0.4 is 5.32 Å². The Bertz CT molecular complexity index is 648. The second kappa shape index (κ2) is 6.55.